The van der Waals surface area contributed by atoms with Crippen LogP contribution in [0.25, 0.3) is 0 Å². The van der Waals surface area contributed by atoms with Gasteiger partial charge in [0.1, 0.15) is 5.69 Å². The zero-order valence-electron chi connectivity index (χ0n) is 18.6. The summed E-state index contributed by atoms with van der Waals surface area (Å²) in [6.07, 6.45) is 4.66. The minimum atomic E-state index is -0.308. The van der Waals surface area contributed by atoms with Gasteiger partial charge in [0.2, 0.25) is 0 Å². The highest BCUT2D eigenvalue weighted by Gasteiger charge is 2.22. The predicted octanol–water partition coefficient (Wildman–Crippen LogP) is 3.34. The fourth-order valence-corrected chi connectivity index (χ4v) is 3.77. The number of hydrogen-bond acceptors (Lipinski definition) is 5. The second-order valence-electron chi connectivity index (χ2n) is 7.70. The average molecular weight is 428 g/mol. The Balaban J connectivity index is 1.62. The van der Waals surface area contributed by atoms with Crippen molar-refractivity contribution >= 4 is 11.9 Å². The molecular weight excluding hydrogens is 394 g/mol. The number of esters is 1. The minimum absolute atomic E-state index is 0.0700. The molecule has 2 heterocycles. The normalized spacial score (nSPS) is 15.0. The third-order valence-electron chi connectivity index (χ3n) is 5.50. The predicted molar refractivity (Wildman–Crippen MR) is 118 cm³/mol. The third-order valence-corrected chi connectivity index (χ3v) is 5.50. The lowest BCUT2D eigenvalue weighted by Gasteiger charge is -2.08. The lowest BCUT2D eigenvalue weighted by molar-refractivity contribution is 0.0500. The van der Waals surface area contributed by atoms with Crippen molar-refractivity contribution in [3.8, 4) is 0 Å². The van der Waals surface area contributed by atoms with Crippen molar-refractivity contribution < 1.29 is 19.1 Å². The molecule has 168 valence electrons. The topological polar surface area (TPSA) is 82.4 Å². The van der Waals surface area contributed by atoms with E-state index in [-0.39, 0.29) is 11.9 Å². The van der Waals surface area contributed by atoms with E-state index < -0.39 is 0 Å². The Hall–Kier alpha value is -2.67. The summed E-state index contributed by atoms with van der Waals surface area (Å²) in [6.45, 7) is 6.96. The highest BCUT2D eigenvalue weighted by atomic mass is 16.5. The number of carbonyl (C=O) groups excluding carboxylic acids is 2. The lowest BCUT2D eigenvalue weighted by atomic mass is 10.0. The molecule has 31 heavy (non-hydrogen) atoms. The van der Waals surface area contributed by atoms with Crippen LogP contribution < -0.4 is 5.32 Å². The van der Waals surface area contributed by atoms with Gasteiger partial charge in [-0.25, -0.2) is 4.79 Å². The van der Waals surface area contributed by atoms with Crippen LogP contribution in [0.5, 0.6) is 0 Å². The van der Waals surface area contributed by atoms with E-state index in [2.05, 4.69) is 12.2 Å². The van der Waals surface area contributed by atoms with Crippen LogP contribution in [0.15, 0.2) is 24.3 Å². The molecule has 0 radical (unpaired) electrons. The number of benzene rings is 1. The van der Waals surface area contributed by atoms with Gasteiger partial charge in [0.25, 0.3) is 5.91 Å². The first-order valence-corrected chi connectivity index (χ1v) is 11.3. The van der Waals surface area contributed by atoms with Crippen LogP contribution in [-0.4, -0.2) is 48.0 Å². The number of aryl methyl sites for hydroxylation is 3. The van der Waals surface area contributed by atoms with E-state index in [1.807, 2.05) is 31.2 Å². The maximum Gasteiger partial charge on any atom is 0.338 e. The summed E-state index contributed by atoms with van der Waals surface area (Å²) in [5.74, 6) is -0.378. The summed E-state index contributed by atoms with van der Waals surface area (Å²) >= 11 is 0. The molecule has 0 saturated carbocycles. The average Bonchev–Trinajstić information content (AvgIpc) is 3.13. The van der Waals surface area contributed by atoms with Crippen molar-refractivity contribution in [1.82, 2.24) is 15.1 Å². The molecule has 1 N–H and O–H groups in total. The molecule has 0 aliphatic carbocycles. The number of ether oxygens (including phenoxy) is 2. The molecule has 0 atom stereocenters. The van der Waals surface area contributed by atoms with Crippen LogP contribution in [-0.2, 0) is 35.3 Å². The maximum atomic E-state index is 12.8. The third kappa shape index (κ3) is 6.17. The summed E-state index contributed by atoms with van der Waals surface area (Å²) in [5, 5.41) is 7.68. The van der Waals surface area contributed by atoms with Crippen LogP contribution in [0.4, 0.5) is 0 Å². The second kappa shape index (κ2) is 11.6. The number of hydrogen-bond donors (Lipinski definition) is 1. The molecule has 3 rings (SSSR count). The SMILES string of the molecule is CCc1ccc(C(=O)OCCCc2nn(CC)c3c2CCCOCCCNC3=O)cc1. The molecule has 1 amide bonds. The van der Waals surface area contributed by atoms with Gasteiger partial charge >= 0.3 is 5.97 Å². The van der Waals surface area contributed by atoms with Crippen molar-refractivity contribution in [2.45, 2.75) is 58.9 Å². The quantitative estimate of drug-likeness (QED) is 0.541. The van der Waals surface area contributed by atoms with E-state index in [1.165, 1.54) is 5.56 Å². The van der Waals surface area contributed by atoms with Gasteiger partial charge < -0.3 is 14.8 Å². The van der Waals surface area contributed by atoms with Gasteiger partial charge in [0.15, 0.2) is 0 Å². The molecule has 0 fully saturated rings. The van der Waals surface area contributed by atoms with Crippen LogP contribution in [0.3, 0.4) is 0 Å². The van der Waals surface area contributed by atoms with E-state index in [9.17, 15) is 9.59 Å². The standard InChI is InChI=1S/C24H33N3O4/c1-3-18-10-12-19(13-11-18)24(29)31-17-6-9-21-20-8-5-15-30-16-7-14-25-23(28)22(20)27(4-2)26-21/h10-13H,3-9,14-17H2,1-2H3,(H,25,28). The number of nitrogens with zero attached hydrogens (tertiary/aromatic N) is 2. The van der Waals surface area contributed by atoms with E-state index >= 15 is 0 Å². The molecule has 0 saturated heterocycles. The van der Waals surface area contributed by atoms with Gasteiger partial charge in [0.05, 0.1) is 17.9 Å². The van der Waals surface area contributed by atoms with Crippen molar-refractivity contribution in [2.24, 2.45) is 0 Å². The first-order valence-electron chi connectivity index (χ1n) is 11.3. The van der Waals surface area contributed by atoms with Crippen molar-refractivity contribution in [1.29, 1.82) is 0 Å². The zero-order valence-corrected chi connectivity index (χ0v) is 18.6. The van der Waals surface area contributed by atoms with Crippen molar-refractivity contribution in [3.63, 3.8) is 0 Å². The van der Waals surface area contributed by atoms with E-state index in [4.69, 9.17) is 14.6 Å². The molecule has 1 aromatic carbocycles. The maximum absolute atomic E-state index is 12.8. The van der Waals surface area contributed by atoms with Crippen LogP contribution in [0, 0.1) is 0 Å². The smallest absolute Gasteiger partial charge is 0.338 e. The Morgan fingerprint density at radius 2 is 1.97 bits per heavy atom. The summed E-state index contributed by atoms with van der Waals surface area (Å²) in [4.78, 5) is 25.0. The van der Waals surface area contributed by atoms with Gasteiger partial charge in [0, 0.05) is 31.9 Å². The van der Waals surface area contributed by atoms with Gasteiger partial charge in [-0.1, -0.05) is 19.1 Å². The first kappa shape index (κ1) is 23.0. The first-order chi connectivity index (χ1) is 15.1. The van der Waals surface area contributed by atoms with E-state index in [0.717, 1.165) is 36.9 Å². The summed E-state index contributed by atoms with van der Waals surface area (Å²) in [6, 6.07) is 7.52. The molecule has 7 heteroatoms. The highest BCUT2D eigenvalue weighted by molar-refractivity contribution is 5.94. The summed E-state index contributed by atoms with van der Waals surface area (Å²) < 4.78 is 12.9. The minimum Gasteiger partial charge on any atom is -0.462 e. The largest absolute Gasteiger partial charge is 0.462 e. The number of fused-ring (bicyclic) bond motifs is 1. The number of aromatic nitrogens is 2. The van der Waals surface area contributed by atoms with Gasteiger partial charge in [-0.15, -0.1) is 0 Å². The van der Waals surface area contributed by atoms with Gasteiger partial charge in [-0.3, -0.25) is 9.48 Å². The Morgan fingerprint density at radius 3 is 2.71 bits per heavy atom. The Labute approximate surface area is 184 Å². The monoisotopic (exact) mass is 427 g/mol. The van der Waals surface area contributed by atoms with E-state index in [1.54, 1.807) is 4.68 Å². The van der Waals surface area contributed by atoms with Crippen molar-refractivity contribution in [2.75, 3.05) is 26.4 Å². The lowest BCUT2D eigenvalue weighted by Crippen LogP contribution is -2.28. The highest BCUT2D eigenvalue weighted by Crippen LogP contribution is 2.20. The fraction of sp³-hybridized carbons (Fsp3) is 0.542. The molecular formula is C24H33N3O4. The summed E-state index contributed by atoms with van der Waals surface area (Å²) in [7, 11) is 0. The number of carbonyl (C=O) groups is 2. The number of nitrogens with one attached hydrogen (secondary N) is 1. The molecule has 0 unspecified atom stereocenters. The molecule has 1 aromatic heterocycles. The van der Waals surface area contributed by atoms with Crippen LogP contribution >= 0.6 is 0 Å². The van der Waals surface area contributed by atoms with Crippen molar-refractivity contribution in [3.05, 3.63) is 52.3 Å². The molecule has 2 aromatic rings. The molecule has 0 spiro atoms. The number of amides is 1. The molecule has 1 aliphatic heterocycles. The summed E-state index contributed by atoms with van der Waals surface area (Å²) in [5.41, 5.74) is 4.32. The zero-order chi connectivity index (χ0) is 22.1. The Bertz CT molecular complexity index is 874. The van der Waals surface area contributed by atoms with E-state index in [0.29, 0.717) is 57.0 Å². The van der Waals surface area contributed by atoms with Gasteiger partial charge in [-0.2, -0.15) is 5.10 Å². The molecule has 1 aliphatic rings. The number of rotatable bonds is 7. The molecule has 7 nitrogen and oxygen atoms in total. The molecule has 0 bridgehead atoms. The Kier molecular flexibility index (Phi) is 8.64. The van der Waals surface area contributed by atoms with Crippen LogP contribution in [0.1, 0.15) is 70.8 Å². The van der Waals surface area contributed by atoms with Crippen LogP contribution in [0.2, 0.25) is 0 Å². The Morgan fingerprint density at radius 1 is 1.19 bits per heavy atom. The second-order valence-corrected chi connectivity index (χ2v) is 7.70. The van der Waals surface area contributed by atoms with Gasteiger partial charge in [-0.05, 0) is 63.1 Å². The fourth-order valence-electron chi connectivity index (χ4n) is 3.77.